The van der Waals surface area contributed by atoms with Gasteiger partial charge in [-0.2, -0.15) is 0 Å². The van der Waals surface area contributed by atoms with Crippen molar-refractivity contribution in [3.63, 3.8) is 0 Å². The summed E-state index contributed by atoms with van der Waals surface area (Å²) in [6.07, 6.45) is 4.81. The van der Waals surface area contributed by atoms with Crippen molar-refractivity contribution in [1.82, 2.24) is 4.90 Å². The molecule has 2 aliphatic heterocycles. The first kappa shape index (κ1) is 11.6. The zero-order valence-electron chi connectivity index (χ0n) is 9.22. The number of hydrogen-bond acceptors (Lipinski definition) is 4. The number of nitrogens with zero attached hydrogens (tertiary/aromatic N) is 1. The van der Waals surface area contributed by atoms with Gasteiger partial charge in [-0.25, -0.2) is 4.79 Å². The SMILES string of the molecule is O=C(O)/C=C/CN1CCCC2(C1)OCCO2. The minimum atomic E-state index is -0.903. The lowest BCUT2D eigenvalue weighted by molar-refractivity contribution is -0.188. The molecule has 0 aromatic heterocycles. The molecule has 2 heterocycles. The normalized spacial score (nSPS) is 25.5. The van der Waals surface area contributed by atoms with Crippen molar-refractivity contribution in [3.05, 3.63) is 12.2 Å². The Hall–Kier alpha value is -0.910. The smallest absolute Gasteiger partial charge is 0.328 e. The van der Waals surface area contributed by atoms with Crippen LogP contribution in [0, 0.1) is 0 Å². The van der Waals surface area contributed by atoms with Gasteiger partial charge in [0.15, 0.2) is 5.79 Å². The lowest BCUT2D eigenvalue weighted by atomic mass is 10.0. The van der Waals surface area contributed by atoms with Crippen LogP contribution < -0.4 is 0 Å². The van der Waals surface area contributed by atoms with E-state index in [0.717, 1.165) is 25.9 Å². The minimum Gasteiger partial charge on any atom is -0.478 e. The van der Waals surface area contributed by atoms with E-state index < -0.39 is 11.8 Å². The number of carbonyl (C=O) groups is 1. The molecule has 0 amide bonds. The summed E-state index contributed by atoms with van der Waals surface area (Å²) in [7, 11) is 0. The molecule has 0 aromatic rings. The summed E-state index contributed by atoms with van der Waals surface area (Å²) in [4.78, 5) is 12.5. The van der Waals surface area contributed by atoms with E-state index in [1.165, 1.54) is 6.08 Å². The summed E-state index contributed by atoms with van der Waals surface area (Å²) in [5.74, 6) is -1.32. The van der Waals surface area contributed by atoms with Gasteiger partial charge < -0.3 is 14.6 Å². The first-order chi connectivity index (χ1) is 7.70. The lowest BCUT2D eigenvalue weighted by Crippen LogP contribution is -2.48. The van der Waals surface area contributed by atoms with Gasteiger partial charge in [-0.05, 0) is 13.0 Å². The number of piperidine rings is 1. The van der Waals surface area contributed by atoms with Gasteiger partial charge in [-0.3, -0.25) is 4.90 Å². The van der Waals surface area contributed by atoms with Crippen molar-refractivity contribution in [3.8, 4) is 0 Å². The first-order valence-electron chi connectivity index (χ1n) is 5.60. The molecule has 5 heteroatoms. The van der Waals surface area contributed by atoms with Gasteiger partial charge in [-0.15, -0.1) is 0 Å². The summed E-state index contributed by atoms with van der Waals surface area (Å²) in [6, 6.07) is 0. The molecule has 2 saturated heterocycles. The molecule has 2 fully saturated rings. The standard InChI is InChI=1S/C11H17NO4/c13-10(14)3-1-5-12-6-2-4-11(9-12)15-7-8-16-11/h1,3H,2,4-9H2,(H,13,14)/b3-1+. The van der Waals surface area contributed by atoms with E-state index in [1.54, 1.807) is 6.08 Å². The molecule has 0 aliphatic carbocycles. The third-order valence-corrected chi connectivity index (χ3v) is 2.93. The van der Waals surface area contributed by atoms with E-state index >= 15 is 0 Å². The summed E-state index contributed by atoms with van der Waals surface area (Å²) in [5.41, 5.74) is 0. The maximum absolute atomic E-state index is 10.3. The van der Waals surface area contributed by atoms with Crippen molar-refractivity contribution >= 4 is 5.97 Å². The molecule has 0 aromatic carbocycles. The Balaban J connectivity index is 1.84. The summed E-state index contributed by atoms with van der Waals surface area (Å²) >= 11 is 0. The predicted molar refractivity (Wildman–Crippen MR) is 57.1 cm³/mol. The van der Waals surface area contributed by atoms with Crippen LogP contribution in [0.1, 0.15) is 12.8 Å². The quantitative estimate of drug-likeness (QED) is 0.710. The van der Waals surface area contributed by atoms with Gasteiger partial charge in [0.05, 0.1) is 19.8 Å². The Morgan fingerprint density at radius 3 is 2.88 bits per heavy atom. The fourth-order valence-corrected chi connectivity index (χ4v) is 2.26. The topological polar surface area (TPSA) is 59.0 Å². The fourth-order valence-electron chi connectivity index (χ4n) is 2.26. The second-order valence-corrected chi connectivity index (χ2v) is 4.19. The van der Waals surface area contributed by atoms with Crippen LogP contribution in [-0.2, 0) is 14.3 Å². The van der Waals surface area contributed by atoms with Gasteiger partial charge in [0.2, 0.25) is 0 Å². The third kappa shape index (κ3) is 2.81. The van der Waals surface area contributed by atoms with Crippen LogP contribution in [0.15, 0.2) is 12.2 Å². The lowest BCUT2D eigenvalue weighted by Gasteiger charge is -2.38. The van der Waals surface area contributed by atoms with E-state index in [4.69, 9.17) is 14.6 Å². The Bertz CT molecular complexity index is 284. The highest BCUT2D eigenvalue weighted by molar-refractivity contribution is 5.79. The van der Waals surface area contributed by atoms with Gasteiger partial charge in [0, 0.05) is 19.0 Å². The number of ether oxygens (including phenoxy) is 2. The highest BCUT2D eigenvalue weighted by Crippen LogP contribution is 2.29. The highest BCUT2D eigenvalue weighted by Gasteiger charge is 2.40. The second kappa shape index (κ2) is 4.95. The molecule has 90 valence electrons. The zero-order chi connectivity index (χ0) is 11.4. The maximum Gasteiger partial charge on any atom is 0.328 e. The summed E-state index contributed by atoms with van der Waals surface area (Å²) < 4.78 is 11.3. The molecule has 2 rings (SSSR count). The molecule has 5 nitrogen and oxygen atoms in total. The van der Waals surface area contributed by atoms with Crippen LogP contribution in [0.2, 0.25) is 0 Å². The molecule has 0 bridgehead atoms. The maximum atomic E-state index is 10.3. The Morgan fingerprint density at radius 2 is 2.19 bits per heavy atom. The molecule has 0 saturated carbocycles. The van der Waals surface area contributed by atoms with E-state index in [1.807, 2.05) is 0 Å². The van der Waals surface area contributed by atoms with Crippen LogP contribution in [0.4, 0.5) is 0 Å². The fraction of sp³-hybridized carbons (Fsp3) is 0.727. The molecule has 1 N–H and O–H groups in total. The average molecular weight is 227 g/mol. The summed E-state index contributed by atoms with van der Waals surface area (Å²) in [6.45, 7) is 3.67. The van der Waals surface area contributed by atoms with Crippen molar-refractivity contribution < 1.29 is 19.4 Å². The number of hydrogen-bond donors (Lipinski definition) is 1. The van der Waals surface area contributed by atoms with Crippen molar-refractivity contribution in [1.29, 1.82) is 0 Å². The molecule has 0 unspecified atom stereocenters. The molecule has 16 heavy (non-hydrogen) atoms. The van der Waals surface area contributed by atoms with Gasteiger partial charge in [0.25, 0.3) is 0 Å². The van der Waals surface area contributed by atoms with Crippen LogP contribution in [0.3, 0.4) is 0 Å². The van der Waals surface area contributed by atoms with Crippen LogP contribution in [-0.4, -0.2) is 54.6 Å². The van der Waals surface area contributed by atoms with Crippen molar-refractivity contribution in [2.24, 2.45) is 0 Å². The Kier molecular flexibility index (Phi) is 3.58. The van der Waals surface area contributed by atoms with Gasteiger partial charge >= 0.3 is 5.97 Å². The minimum absolute atomic E-state index is 0.421. The molecule has 1 spiro atoms. The van der Waals surface area contributed by atoms with Crippen LogP contribution in [0.5, 0.6) is 0 Å². The monoisotopic (exact) mass is 227 g/mol. The van der Waals surface area contributed by atoms with E-state index in [9.17, 15) is 4.79 Å². The van der Waals surface area contributed by atoms with Gasteiger partial charge in [-0.1, -0.05) is 6.08 Å². The number of likely N-dealkylation sites (tertiary alicyclic amines) is 1. The molecule has 0 atom stereocenters. The van der Waals surface area contributed by atoms with Crippen LogP contribution in [0.25, 0.3) is 0 Å². The van der Waals surface area contributed by atoms with E-state index in [0.29, 0.717) is 19.8 Å². The second-order valence-electron chi connectivity index (χ2n) is 4.19. The average Bonchev–Trinajstić information content (AvgIpc) is 2.66. The van der Waals surface area contributed by atoms with Crippen LogP contribution >= 0.6 is 0 Å². The number of rotatable bonds is 3. The van der Waals surface area contributed by atoms with Crippen molar-refractivity contribution in [2.75, 3.05) is 32.8 Å². The summed E-state index contributed by atoms with van der Waals surface area (Å²) in [5, 5.41) is 8.49. The molecular formula is C11H17NO4. The number of aliphatic carboxylic acids is 1. The molecule has 2 aliphatic rings. The van der Waals surface area contributed by atoms with E-state index in [-0.39, 0.29) is 0 Å². The van der Waals surface area contributed by atoms with Gasteiger partial charge in [0.1, 0.15) is 0 Å². The largest absolute Gasteiger partial charge is 0.478 e. The zero-order valence-corrected chi connectivity index (χ0v) is 9.22. The third-order valence-electron chi connectivity index (χ3n) is 2.93. The Morgan fingerprint density at radius 1 is 1.44 bits per heavy atom. The Labute approximate surface area is 94.6 Å². The number of carboxylic acids is 1. The number of carboxylic acid groups (broad SMARTS) is 1. The predicted octanol–water partition coefficient (Wildman–Crippen LogP) is 0.466. The molecule has 0 radical (unpaired) electrons. The first-order valence-corrected chi connectivity index (χ1v) is 5.60. The molecular weight excluding hydrogens is 210 g/mol. The van der Waals surface area contributed by atoms with E-state index in [2.05, 4.69) is 4.90 Å². The highest BCUT2D eigenvalue weighted by atomic mass is 16.7. The van der Waals surface area contributed by atoms with Crippen molar-refractivity contribution in [2.45, 2.75) is 18.6 Å².